The second-order valence-corrected chi connectivity index (χ2v) is 4.46. The lowest BCUT2D eigenvalue weighted by Gasteiger charge is -2.16. The zero-order chi connectivity index (χ0) is 11.5. The second-order valence-electron chi connectivity index (χ2n) is 3.46. The number of amides is 1. The maximum absolute atomic E-state index is 11.7. The number of benzene rings is 1. The Labute approximate surface area is 98.7 Å². The molecule has 3 nitrogen and oxygen atoms in total. The van der Waals surface area contributed by atoms with Gasteiger partial charge in [0.15, 0.2) is 5.13 Å². The van der Waals surface area contributed by atoms with Crippen molar-refractivity contribution in [3.63, 3.8) is 0 Å². The summed E-state index contributed by atoms with van der Waals surface area (Å²) in [5.41, 5.74) is 0.963. The monoisotopic (exact) mass is 234 g/mol. The van der Waals surface area contributed by atoms with Gasteiger partial charge in [0.1, 0.15) is 0 Å². The Hall–Kier alpha value is -1.42. The van der Waals surface area contributed by atoms with E-state index < -0.39 is 0 Å². The van der Waals surface area contributed by atoms with E-state index in [1.165, 1.54) is 0 Å². The molecule has 4 heteroatoms. The fraction of sp³-hybridized carbons (Fsp3) is 0.333. The average Bonchev–Trinajstić information content (AvgIpc) is 2.72. The van der Waals surface area contributed by atoms with Crippen LogP contribution in [-0.2, 0) is 4.79 Å². The van der Waals surface area contributed by atoms with Crippen LogP contribution in [0.25, 0.3) is 10.2 Å². The molecular formula is C12H14N2OS. The van der Waals surface area contributed by atoms with E-state index in [2.05, 4.69) is 4.98 Å². The Morgan fingerprint density at radius 1 is 1.38 bits per heavy atom. The van der Waals surface area contributed by atoms with Crippen molar-refractivity contribution in [1.29, 1.82) is 0 Å². The summed E-state index contributed by atoms with van der Waals surface area (Å²) in [4.78, 5) is 17.9. The number of hydrogen-bond acceptors (Lipinski definition) is 3. The number of aromatic nitrogens is 1. The van der Waals surface area contributed by atoms with Crippen molar-refractivity contribution in [3.8, 4) is 0 Å². The van der Waals surface area contributed by atoms with Crippen LogP contribution < -0.4 is 4.90 Å². The van der Waals surface area contributed by atoms with Crippen LogP contribution in [0, 0.1) is 0 Å². The lowest BCUT2D eigenvalue weighted by atomic mass is 10.3. The average molecular weight is 234 g/mol. The number of fused-ring (bicyclic) bond motifs is 1. The molecule has 2 aromatic rings. The molecule has 0 bridgehead atoms. The van der Waals surface area contributed by atoms with E-state index in [0.717, 1.165) is 15.3 Å². The Morgan fingerprint density at radius 3 is 2.75 bits per heavy atom. The van der Waals surface area contributed by atoms with Gasteiger partial charge in [-0.1, -0.05) is 30.4 Å². The molecule has 1 aromatic carbocycles. The van der Waals surface area contributed by atoms with E-state index in [4.69, 9.17) is 0 Å². The Bertz CT molecular complexity index is 473. The quantitative estimate of drug-likeness (QED) is 0.817. The van der Waals surface area contributed by atoms with E-state index in [1.807, 2.05) is 38.1 Å². The molecule has 0 fully saturated rings. The third-order valence-corrected chi connectivity index (χ3v) is 3.49. The largest absolute Gasteiger partial charge is 0.288 e. The smallest absolute Gasteiger partial charge is 0.228 e. The first-order valence-corrected chi connectivity index (χ1v) is 6.23. The molecule has 1 aromatic heterocycles. The summed E-state index contributed by atoms with van der Waals surface area (Å²) < 4.78 is 1.12. The van der Waals surface area contributed by atoms with Gasteiger partial charge < -0.3 is 0 Å². The van der Waals surface area contributed by atoms with Crippen molar-refractivity contribution in [2.24, 2.45) is 0 Å². The van der Waals surface area contributed by atoms with Crippen LogP contribution in [-0.4, -0.2) is 17.4 Å². The molecule has 0 radical (unpaired) electrons. The molecule has 2 rings (SSSR count). The highest BCUT2D eigenvalue weighted by atomic mass is 32.1. The van der Waals surface area contributed by atoms with Gasteiger partial charge in [-0.3, -0.25) is 9.69 Å². The zero-order valence-electron chi connectivity index (χ0n) is 9.43. The van der Waals surface area contributed by atoms with Crippen LogP contribution in [0.15, 0.2) is 24.3 Å². The first kappa shape index (κ1) is 11.1. The highest BCUT2D eigenvalue weighted by Gasteiger charge is 2.15. The predicted octanol–water partition coefficient (Wildman–Crippen LogP) is 3.06. The summed E-state index contributed by atoms with van der Waals surface area (Å²) in [6.07, 6.45) is 0.518. The first-order valence-electron chi connectivity index (χ1n) is 5.42. The number of thiazole rings is 1. The van der Waals surface area contributed by atoms with Crippen LogP contribution in [0.5, 0.6) is 0 Å². The van der Waals surface area contributed by atoms with E-state index in [-0.39, 0.29) is 5.91 Å². The van der Waals surface area contributed by atoms with Crippen LogP contribution in [0.3, 0.4) is 0 Å². The number of rotatable bonds is 3. The molecule has 0 unspecified atom stereocenters. The molecule has 0 aliphatic rings. The maximum Gasteiger partial charge on any atom is 0.228 e. The van der Waals surface area contributed by atoms with Crippen LogP contribution in [0.1, 0.15) is 20.3 Å². The molecule has 1 heterocycles. The normalized spacial score (nSPS) is 10.6. The summed E-state index contributed by atoms with van der Waals surface area (Å²) in [5, 5.41) is 0.801. The summed E-state index contributed by atoms with van der Waals surface area (Å²) in [6.45, 7) is 4.52. The van der Waals surface area contributed by atoms with Crippen LogP contribution >= 0.6 is 11.3 Å². The van der Waals surface area contributed by atoms with Crippen molar-refractivity contribution in [1.82, 2.24) is 4.98 Å². The van der Waals surface area contributed by atoms with Crippen molar-refractivity contribution >= 4 is 32.6 Å². The van der Waals surface area contributed by atoms with Crippen molar-refractivity contribution < 1.29 is 4.79 Å². The number of anilines is 1. The Balaban J connectivity index is 2.41. The van der Waals surface area contributed by atoms with Gasteiger partial charge in [-0.2, -0.15) is 0 Å². The summed E-state index contributed by atoms with van der Waals surface area (Å²) >= 11 is 1.57. The van der Waals surface area contributed by atoms with Crippen molar-refractivity contribution in [3.05, 3.63) is 24.3 Å². The van der Waals surface area contributed by atoms with Crippen molar-refractivity contribution in [2.75, 3.05) is 11.4 Å². The van der Waals surface area contributed by atoms with Gasteiger partial charge in [0.25, 0.3) is 0 Å². The number of para-hydroxylation sites is 1. The molecule has 0 atom stereocenters. The minimum atomic E-state index is 0.126. The predicted molar refractivity (Wildman–Crippen MR) is 67.9 cm³/mol. The maximum atomic E-state index is 11.7. The van der Waals surface area contributed by atoms with E-state index in [9.17, 15) is 4.79 Å². The topological polar surface area (TPSA) is 33.2 Å². The number of nitrogens with zero attached hydrogens (tertiary/aromatic N) is 2. The van der Waals surface area contributed by atoms with E-state index in [1.54, 1.807) is 16.2 Å². The molecule has 0 aliphatic heterocycles. The molecule has 0 saturated heterocycles. The van der Waals surface area contributed by atoms with Gasteiger partial charge in [-0.15, -0.1) is 0 Å². The third-order valence-electron chi connectivity index (χ3n) is 2.43. The fourth-order valence-corrected chi connectivity index (χ4v) is 2.63. The lowest BCUT2D eigenvalue weighted by molar-refractivity contribution is -0.118. The van der Waals surface area contributed by atoms with Gasteiger partial charge >= 0.3 is 0 Å². The number of hydrogen-bond donors (Lipinski definition) is 0. The van der Waals surface area contributed by atoms with Gasteiger partial charge in [0.2, 0.25) is 5.91 Å². The lowest BCUT2D eigenvalue weighted by Crippen LogP contribution is -2.29. The van der Waals surface area contributed by atoms with Crippen molar-refractivity contribution in [2.45, 2.75) is 20.3 Å². The molecule has 16 heavy (non-hydrogen) atoms. The molecule has 0 saturated carbocycles. The Kier molecular flexibility index (Phi) is 3.19. The molecule has 1 amide bonds. The summed E-state index contributed by atoms with van der Waals surface area (Å²) in [5.74, 6) is 0.126. The number of carbonyl (C=O) groups is 1. The first-order chi connectivity index (χ1) is 7.76. The minimum absolute atomic E-state index is 0.126. The third kappa shape index (κ3) is 1.93. The SMILES string of the molecule is CCC(=O)N(CC)c1nc2ccccc2s1. The Morgan fingerprint density at radius 2 is 2.12 bits per heavy atom. The minimum Gasteiger partial charge on any atom is -0.288 e. The standard InChI is InChI=1S/C12H14N2OS/c1-3-11(15)14(4-2)12-13-9-7-5-6-8-10(9)16-12/h5-8H,3-4H2,1-2H3. The molecule has 0 aliphatic carbocycles. The van der Waals surface area contributed by atoms with Gasteiger partial charge in [0, 0.05) is 13.0 Å². The summed E-state index contributed by atoms with van der Waals surface area (Å²) in [7, 11) is 0. The van der Waals surface area contributed by atoms with E-state index >= 15 is 0 Å². The number of carbonyl (C=O) groups excluding carboxylic acids is 1. The highest BCUT2D eigenvalue weighted by molar-refractivity contribution is 7.22. The van der Waals surface area contributed by atoms with Gasteiger partial charge in [0.05, 0.1) is 10.2 Å². The van der Waals surface area contributed by atoms with E-state index in [0.29, 0.717) is 13.0 Å². The zero-order valence-corrected chi connectivity index (χ0v) is 10.3. The highest BCUT2D eigenvalue weighted by Crippen LogP contribution is 2.28. The molecule has 0 N–H and O–H groups in total. The molecule has 84 valence electrons. The molecule has 0 spiro atoms. The second kappa shape index (κ2) is 4.61. The van der Waals surface area contributed by atoms with Gasteiger partial charge in [-0.25, -0.2) is 4.98 Å². The van der Waals surface area contributed by atoms with Crippen LogP contribution in [0.2, 0.25) is 0 Å². The summed E-state index contributed by atoms with van der Waals surface area (Å²) in [6, 6.07) is 7.95. The molecular weight excluding hydrogens is 220 g/mol. The van der Waals surface area contributed by atoms with Gasteiger partial charge in [-0.05, 0) is 19.1 Å². The van der Waals surface area contributed by atoms with Crippen LogP contribution in [0.4, 0.5) is 5.13 Å². The fourth-order valence-electron chi connectivity index (χ4n) is 1.58.